The van der Waals surface area contributed by atoms with Crippen LogP contribution in [-0.4, -0.2) is 23.8 Å². The molecule has 26 heavy (non-hydrogen) atoms. The lowest BCUT2D eigenvalue weighted by Crippen LogP contribution is -2.25. The van der Waals surface area contributed by atoms with Crippen LogP contribution in [-0.2, 0) is 11.3 Å². The molecule has 3 N–H and O–H groups in total. The highest BCUT2D eigenvalue weighted by Gasteiger charge is 2.23. The van der Waals surface area contributed by atoms with Gasteiger partial charge in [-0.15, -0.1) is 0 Å². The molecule has 6 nitrogen and oxygen atoms in total. The predicted octanol–water partition coefficient (Wildman–Crippen LogP) is 2.47. The summed E-state index contributed by atoms with van der Waals surface area (Å²) in [5.74, 6) is -0.473. The molecule has 1 fully saturated rings. The largest absolute Gasteiger partial charge is 0.349 e. The quantitative estimate of drug-likeness (QED) is 0.747. The molecule has 3 rings (SSSR count). The summed E-state index contributed by atoms with van der Waals surface area (Å²) >= 11 is 0. The summed E-state index contributed by atoms with van der Waals surface area (Å²) in [6.45, 7) is 1.77. The second-order valence-corrected chi connectivity index (χ2v) is 6.39. The van der Waals surface area contributed by atoms with Gasteiger partial charge in [0.05, 0.1) is 0 Å². The molecule has 134 valence electrons. The molecule has 2 aromatic carbocycles. The predicted molar refractivity (Wildman–Crippen MR) is 98.8 cm³/mol. The maximum Gasteiger partial charge on any atom is 0.251 e. The van der Waals surface area contributed by atoms with Crippen molar-refractivity contribution in [2.75, 3.05) is 5.32 Å². The summed E-state index contributed by atoms with van der Waals surface area (Å²) in [4.78, 5) is 35.3. The molecule has 0 bridgehead atoms. The zero-order valence-electron chi connectivity index (χ0n) is 14.5. The van der Waals surface area contributed by atoms with E-state index < -0.39 is 0 Å². The highest BCUT2D eigenvalue weighted by molar-refractivity contribution is 5.97. The minimum absolute atomic E-state index is 0.0575. The van der Waals surface area contributed by atoms with E-state index in [0.717, 1.165) is 18.4 Å². The normalized spacial score (nSPS) is 13.0. The first-order valence-corrected chi connectivity index (χ1v) is 8.57. The lowest BCUT2D eigenvalue weighted by molar-refractivity contribution is -0.114. The summed E-state index contributed by atoms with van der Waals surface area (Å²) in [6.07, 6.45) is 2.11. The van der Waals surface area contributed by atoms with Crippen molar-refractivity contribution in [1.29, 1.82) is 0 Å². The van der Waals surface area contributed by atoms with Gasteiger partial charge in [0.1, 0.15) is 0 Å². The Kier molecular flexibility index (Phi) is 5.31. The molecule has 0 radical (unpaired) electrons. The fourth-order valence-electron chi connectivity index (χ4n) is 2.50. The van der Waals surface area contributed by atoms with Gasteiger partial charge in [-0.25, -0.2) is 0 Å². The Hall–Kier alpha value is -3.15. The number of nitrogens with one attached hydrogen (secondary N) is 3. The maximum absolute atomic E-state index is 12.3. The molecule has 3 amide bonds. The van der Waals surface area contributed by atoms with Gasteiger partial charge in [-0.3, -0.25) is 14.4 Å². The third-order valence-electron chi connectivity index (χ3n) is 4.03. The van der Waals surface area contributed by atoms with Gasteiger partial charge >= 0.3 is 0 Å². The van der Waals surface area contributed by atoms with Crippen LogP contribution in [0.25, 0.3) is 0 Å². The number of carbonyl (C=O) groups is 3. The first-order chi connectivity index (χ1) is 12.5. The van der Waals surface area contributed by atoms with Crippen molar-refractivity contribution in [2.45, 2.75) is 32.4 Å². The number of hydrogen-bond acceptors (Lipinski definition) is 3. The number of rotatable bonds is 6. The van der Waals surface area contributed by atoms with Crippen molar-refractivity contribution in [3.63, 3.8) is 0 Å². The van der Waals surface area contributed by atoms with Crippen LogP contribution in [0.15, 0.2) is 48.5 Å². The third-order valence-corrected chi connectivity index (χ3v) is 4.03. The van der Waals surface area contributed by atoms with E-state index in [2.05, 4.69) is 16.0 Å². The first kappa shape index (κ1) is 17.7. The molecule has 1 aliphatic rings. The Labute approximate surface area is 152 Å². The van der Waals surface area contributed by atoms with Gasteiger partial charge in [-0.2, -0.15) is 0 Å². The van der Waals surface area contributed by atoms with Crippen LogP contribution in [0, 0.1) is 0 Å². The summed E-state index contributed by atoms with van der Waals surface area (Å²) < 4.78 is 0. The summed E-state index contributed by atoms with van der Waals surface area (Å²) in [5.41, 5.74) is 2.57. The van der Waals surface area contributed by atoms with Crippen LogP contribution in [0.3, 0.4) is 0 Å². The van der Waals surface area contributed by atoms with Crippen LogP contribution in [0.2, 0.25) is 0 Å². The average molecular weight is 351 g/mol. The zero-order chi connectivity index (χ0) is 18.5. The highest BCUT2D eigenvalue weighted by atomic mass is 16.2. The number of benzene rings is 2. The second kappa shape index (κ2) is 7.82. The van der Waals surface area contributed by atoms with Gasteiger partial charge in [0.25, 0.3) is 11.8 Å². The van der Waals surface area contributed by atoms with Crippen molar-refractivity contribution in [3.05, 3.63) is 65.2 Å². The molecule has 2 aromatic rings. The third kappa shape index (κ3) is 4.92. The van der Waals surface area contributed by atoms with Gasteiger partial charge in [0, 0.05) is 36.3 Å². The summed E-state index contributed by atoms with van der Waals surface area (Å²) in [6, 6.07) is 14.3. The lowest BCUT2D eigenvalue weighted by Gasteiger charge is -2.08. The van der Waals surface area contributed by atoms with Gasteiger partial charge in [-0.1, -0.05) is 18.2 Å². The molecule has 6 heteroatoms. The molecule has 0 saturated heterocycles. The number of hydrogen-bond donors (Lipinski definition) is 3. The van der Waals surface area contributed by atoms with E-state index in [4.69, 9.17) is 0 Å². The molecule has 0 aliphatic heterocycles. The van der Waals surface area contributed by atoms with Crippen molar-refractivity contribution in [3.8, 4) is 0 Å². The number of anilines is 1. The topological polar surface area (TPSA) is 87.3 Å². The van der Waals surface area contributed by atoms with Crippen molar-refractivity contribution < 1.29 is 14.4 Å². The molecule has 0 heterocycles. The fourth-order valence-corrected chi connectivity index (χ4v) is 2.50. The minimum atomic E-state index is -0.229. The van der Waals surface area contributed by atoms with Gasteiger partial charge in [-0.05, 0) is 48.7 Å². The number of carbonyl (C=O) groups excluding carboxylic acids is 3. The molecule has 0 unspecified atom stereocenters. The highest BCUT2D eigenvalue weighted by Crippen LogP contribution is 2.19. The molecule has 0 atom stereocenters. The van der Waals surface area contributed by atoms with E-state index in [1.165, 1.54) is 6.92 Å². The van der Waals surface area contributed by atoms with Gasteiger partial charge in [0.2, 0.25) is 5.91 Å². The molecule has 0 spiro atoms. The van der Waals surface area contributed by atoms with Crippen LogP contribution in [0.5, 0.6) is 0 Å². The van der Waals surface area contributed by atoms with E-state index in [0.29, 0.717) is 29.4 Å². The lowest BCUT2D eigenvalue weighted by atomic mass is 10.1. The second-order valence-electron chi connectivity index (χ2n) is 6.39. The monoisotopic (exact) mass is 351 g/mol. The Morgan fingerprint density at radius 2 is 1.69 bits per heavy atom. The SMILES string of the molecule is CC(=O)Nc1cccc(C(=O)NCc2ccc(C(=O)NC3CC3)cc2)c1. The van der Waals surface area contributed by atoms with Gasteiger partial charge in [0.15, 0.2) is 0 Å². The van der Waals surface area contributed by atoms with E-state index in [1.54, 1.807) is 36.4 Å². The Morgan fingerprint density at radius 3 is 2.35 bits per heavy atom. The van der Waals surface area contributed by atoms with E-state index in [1.807, 2.05) is 12.1 Å². The minimum Gasteiger partial charge on any atom is -0.349 e. The zero-order valence-corrected chi connectivity index (χ0v) is 14.5. The summed E-state index contributed by atoms with van der Waals surface area (Å²) in [7, 11) is 0. The molecule has 1 aliphatic carbocycles. The Morgan fingerprint density at radius 1 is 0.962 bits per heavy atom. The van der Waals surface area contributed by atoms with Crippen molar-refractivity contribution >= 4 is 23.4 Å². The van der Waals surface area contributed by atoms with Crippen LogP contribution < -0.4 is 16.0 Å². The van der Waals surface area contributed by atoms with E-state index >= 15 is 0 Å². The molecule has 0 aromatic heterocycles. The van der Waals surface area contributed by atoms with E-state index in [9.17, 15) is 14.4 Å². The van der Waals surface area contributed by atoms with Gasteiger partial charge < -0.3 is 16.0 Å². The summed E-state index contributed by atoms with van der Waals surface area (Å²) in [5, 5.41) is 8.43. The van der Waals surface area contributed by atoms with Crippen molar-refractivity contribution in [2.24, 2.45) is 0 Å². The Balaban J connectivity index is 1.55. The van der Waals surface area contributed by atoms with E-state index in [-0.39, 0.29) is 17.7 Å². The molecular weight excluding hydrogens is 330 g/mol. The Bertz CT molecular complexity index is 826. The van der Waals surface area contributed by atoms with Crippen LogP contribution >= 0.6 is 0 Å². The number of amides is 3. The van der Waals surface area contributed by atoms with Crippen LogP contribution in [0.1, 0.15) is 46.0 Å². The molecular formula is C20H21N3O3. The maximum atomic E-state index is 12.3. The van der Waals surface area contributed by atoms with Crippen LogP contribution in [0.4, 0.5) is 5.69 Å². The van der Waals surface area contributed by atoms with Crippen molar-refractivity contribution in [1.82, 2.24) is 10.6 Å². The average Bonchev–Trinajstić information content (AvgIpc) is 3.43. The fraction of sp³-hybridized carbons (Fsp3) is 0.250. The first-order valence-electron chi connectivity index (χ1n) is 8.57. The molecule has 1 saturated carbocycles. The smallest absolute Gasteiger partial charge is 0.251 e. The standard InChI is InChI=1S/C20H21N3O3/c1-13(24)22-18-4-2-3-16(11-18)19(25)21-12-14-5-7-15(8-6-14)20(26)23-17-9-10-17/h2-8,11,17H,9-10,12H2,1H3,(H,21,25)(H,22,24)(H,23,26).